The van der Waals surface area contributed by atoms with Gasteiger partial charge in [-0.3, -0.25) is 0 Å². The molecule has 0 aromatic heterocycles. The monoisotopic (exact) mass is 166 g/mol. The zero-order chi connectivity index (χ0) is 8.97. The van der Waals surface area contributed by atoms with Crippen LogP contribution in [0.1, 0.15) is 40.0 Å². The van der Waals surface area contributed by atoms with Crippen LogP contribution in [0.4, 0.5) is 0 Å². The van der Waals surface area contributed by atoms with E-state index >= 15 is 0 Å². The van der Waals surface area contributed by atoms with Crippen molar-refractivity contribution in [2.24, 2.45) is 17.8 Å². The first kappa shape index (κ1) is 10.1. The van der Waals surface area contributed by atoms with E-state index in [1.807, 2.05) is 0 Å². The van der Waals surface area contributed by atoms with E-state index in [9.17, 15) is 0 Å². The van der Waals surface area contributed by atoms with Crippen LogP contribution in [0.5, 0.6) is 0 Å². The average Bonchev–Trinajstić information content (AvgIpc) is 2.47. The normalized spacial score (nSPS) is 29.3. The molecule has 70 valence electrons. The molecule has 0 bridgehead atoms. The SMILES string of the molecule is CCC1CBCC1CCC(C)C. The smallest absolute Gasteiger partial charge is 0.0744 e. The molecule has 1 heterocycles. The van der Waals surface area contributed by atoms with Crippen molar-refractivity contribution in [3.8, 4) is 0 Å². The third kappa shape index (κ3) is 2.84. The van der Waals surface area contributed by atoms with Crippen LogP contribution >= 0.6 is 0 Å². The van der Waals surface area contributed by atoms with Gasteiger partial charge < -0.3 is 0 Å². The highest BCUT2D eigenvalue weighted by Gasteiger charge is 2.25. The second-order valence-corrected chi connectivity index (χ2v) is 4.83. The van der Waals surface area contributed by atoms with Crippen molar-refractivity contribution in [1.82, 2.24) is 0 Å². The number of rotatable bonds is 4. The Morgan fingerprint density at radius 2 is 1.92 bits per heavy atom. The molecule has 0 aliphatic carbocycles. The molecule has 0 N–H and O–H groups in total. The Balaban J connectivity index is 2.21. The summed E-state index contributed by atoms with van der Waals surface area (Å²) in [5.74, 6) is 3.06. The second-order valence-electron chi connectivity index (χ2n) is 4.83. The lowest BCUT2D eigenvalue weighted by molar-refractivity contribution is 0.348. The van der Waals surface area contributed by atoms with E-state index in [0.29, 0.717) is 0 Å². The van der Waals surface area contributed by atoms with E-state index in [2.05, 4.69) is 20.8 Å². The molecule has 0 aromatic carbocycles. The van der Waals surface area contributed by atoms with E-state index < -0.39 is 0 Å². The van der Waals surface area contributed by atoms with Crippen LogP contribution in [-0.4, -0.2) is 7.28 Å². The van der Waals surface area contributed by atoms with Crippen LogP contribution in [-0.2, 0) is 0 Å². The standard InChI is InChI=1S/C11H23B/c1-4-10-7-12-8-11(10)6-5-9(2)3/h9-12H,4-8H2,1-3H3. The first-order chi connectivity index (χ1) is 5.74. The van der Waals surface area contributed by atoms with Crippen LogP contribution in [0.15, 0.2) is 0 Å². The van der Waals surface area contributed by atoms with Gasteiger partial charge in [0.2, 0.25) is 0 Å². The molecule has 2 unspecified atom stereocenters. The molecule has 0 nitrogen and oxygen atoms in total. The highest BCUT2D eigenvalue weighted by atomic mass is 14.2. The average molecular weight is 166 g/mol. The molecule has 0 radical (unpaired) electrons. The fourth-order valence-electron chi connectivity index (χ4n) is 2.58. The minimum atomic E-state index is 0.906. The molecular weight excluding hydrogens is 143 g/mol. The molecule has 1 fully saturated rings. The van der Waals surface area contributed by atoms with E-state index in [1.165, 1.54) is 39.2 Å². The topological polar surface area (TPSA) is 0 Å². The molecule has 1 saturated heterocycles. The lowest BCUT2D eigenvalue weighted by atomic mass is 9.75. The minimum Gasteiger partial charge on any atom is -0.0744 e. The number of hydrogen-bond donors (Lipinski definition) is 0. The van der Waals surface area contributed by atoms with Crippen molar-refractivity contribution in [2.75, 3.05) is 0 Å². The van der Waals surface area contributed by atoms with Gasteiger partial charge in [-0.15, -0.1) is 0 Å². The Morgan fingerprint density at radius 1 is 1.25 bits per heavy atom. The summed E-state index contributed by atoms with van der Waals surface area (Å²) in [5, 5.41) is 0. The van der Waals surface area contributed by atoms with Crippen LogP contribution in [0.2, 0.25) is 12.6 Å². The van der Waals surface area contributed by atoms with Gasteiger partial charge in [-0.1, -0.05) is 52.7 Å². The molecule has 0 saturated carbocycles. The highest BCUT2D eigenvalue weighted by molar-refractivity contribution is 6.36. The van der Waals surface area contributed by atoms with Crippen molar-refractivity contribution in [2.45, 2.75) is 52.7 Å². The quantitative estimate of drug-likeness (QED) is 0.562. The third-order valence-electron chi connectivity index (χ3n) is 3.46. The molecule has 0 aromatic rings. The van der Waals surface area contributed by atoms with Crippen molar-refractivity contribution in [1.29, 1.82) is 0 Å². The van der Waals surface area contributed by atoms with Gasteiger partial charge in [0.05, 0.1) is 0 Å². The van der Waals surface area contributed by atoms with E-state index in [4.69, 9.17) is 0 Å². The maximum atomic E-state index is 2.36. The van der Waals surface area contributed by atoms with Crippen molar-refractivity contribution in [3.05, 3.63) is 0 Å². The van der Waals surface area contributed by atoms with Crippen molar-refractivity contribution >= 4 is 7.28 Å². The van der Waals surface area contributed by atoms with Crippen LogP contribution in [0.3, 0.4) is 0 Å². The van der Waals surface area contributed by atoms with Gasteiger partial charge in [-0.05, 0) is 17.8 Å². The van der Waals surface area contributed by atoms with Crippen molar-refractivity contribution in [3.63, 3.8) is 0 Å². The maximum absolute atomic E-state index is 2.36. The fourth-order valence-corrected chi connectivity index (χ4v) is 2.58. The Kier molecular flexibility index (Phi) is 4.18. The van der Waals surface area contributed by atoms with E-state index in [0.717, 1.165) is 17.8 Å². The van der Waals surface area contributed by atoms with Crippen LogP contribution in [0.25, 0.3) is 0 Å². The maximum Gasteiger partial charge on any atom is 0.121 e. The van der Waals surface area contributed by atoms with Crippen LogP contribution in [0, 0.1) is 17.8 Å². The minimum absolute atomic E-state index is 0.906. The molecule has 0 amide bonds. The zero-order valence-corrected chi connectivity index (χ0v) is 8.97. The molecule has 1 aliphatic rings. The first-order valence-electron chi connectivity index (χ1n) is 5.74. The first-order valence-corrected chi connectivity index (χ1v) is 5.74. The van der Waals surface area contributed by atoms with Gasteiger partial charge in [-0.25, -0.2) is 0 Å². The van der Waals surface area contributed by atoms with Gasteiger partial charge >= 0.3 is 0 Å². The summed E-state index contributed by atoms with van der Waals surface area (Å²) in [6.45, 7) is 7.05. The molecule has 2 atom stereocenters. The van der Waals surface area contributed by atoms with Crippen molar-refractivity contribution < 1.29 is 0 Å². The number of hydrogen-bond acceptors (Lipinski definition) is 0. The molecule has 1 heteroatoms. The van der Waals surface area contributed by atoms with Gasteiger partial charge in [-0.2, -0.15) is 0 Å². The summed E-state index contributed by atoms with van der Waals surface area (Å²) < 4.78 is 0. The Hall–Kier alpha value is 0.0649. The summed E-state index contributed by atoms with van der Waals surface area (Å²) in [5.41, 5.74) is 0. The van der Waals surface area contributed by atoms with Gasteiger partial charge in [0.1, 0.15) is 7.28 Å². The summed E-state index contributed by atoms with van der Waals surface area (Å²) in [4.78, 5) is 0. The highest BCUT2D eigenvalue weighted by Crippen LogP contribution is 2.34. The van der Waals surface area contributed by atoms with E-state index in [-0.39, 0.29) is 0 Å². The molecule has 1 rings (SSSR count). The Morgan fingerprint density at radius 3 is 2.50 bits per heavy atom. The lowest BCUT2D eigenvalue weighted by Gasteiger charge is -2.19. The largest absolute Gasteiger partial charge is 0.121 e. The molecule has 1 aliphatic heterocycles. The predicted octanol–water partition coefficient (Wildman–Crippen LogP) is 3.35. The summed E-state index contributed by atoms with van der Waals surface area (Å²) in [7, 11) is 1.50. The Labute approximate surface area is 78.4 Å². The third-order valence-corrected chi connectivity index (χ3v) is 3.46. The van der Waals surface area contributed by atoms with Gasteiger partial charge in [0.15, 0.2) is 0 Å². The van der Waals surface area contributed by atoms with Gasteiger partial charge in [0.25, 0.3) is 0 Å². The Bertz CT molecular complexity index is 120. The zero-order valence-electron chi connectivity index (χ0n) is 8.97. The van der Waals surface area contributed by atoms with E-state index in [1.54, 1.807) is 0 Å². The molecule has 12 heavy (non-hydrogen) atoms. The lowest BCUT2D eigenvalue weighted by Crippen LogP contribution is -2.06. The van der Waals surface area contributed by atoms with Gasteiger partial charge in [0, 0.05) is 0 Å². The molecule has 0 spiro atoms. The summed E-state index contributed by atoms with van der Waals surface area (Å²) >= 11 is 0. The fraction of sp³-hybridized carbons (Fsp3) is 1.00. The second kappa shape index (κ2) is 4.94. The summed E-state index contributed by atoms with van der Waals surface area (Å²) in [6, 6.07) is 0. The summed E-state index contributed by atoms with van der Waals surface area (Å²) in [6.07, 6.45) is 7.39. The predicted molar refractivity (Wildman–Crippen MR) is 58.1 cm³/mol. The molecular formula is C11H23B. The van der Waals surface area contributed by atoms with Crippen LogP contribution < -0.4 is 0 Å².